The van der Waals surface area contributed by atoms with Gasteiger partial charge >= 0.3 is 15.2 Å². The van der Waals surface area contributed by atoms with Gasteiger partial charge in [-0.25, -0.2) is 0 Å². The van der Waals surface area contributed by atoms with Crippen LogP contribution in [0.1, 0.15) is 105 Å². The van der Waals surface area contributed by atoms with Crippen LogP contribution < -0.4 is 0 Å². The lowest BCUT2D eigenvalue weighted by Crippen LogP contribution is -2.51. The summed E-state index contributed by atoms with van der Waals surface area (Å²) in [5.41, 5.74) is 2.43. The quantitative estimate of drug-likeness (QED) is 0.0563. The number of fused-ring (bicyclic) bond motifs is 5. The van der Waals surface area contributed by atoms with E-state index in [1.165, 1.54) is 57.8 Å². The first-order valence-electron chi connectivity index (χ1n) is 18.3. The summed E-state index contributed by atoms with van der Waals surface area (Å²) in [4.78, 5) is 36.5. The number of hydrogen-bond donors (Lipinski definition) is 5. The van der Waals surface area contributed by atoms with Gasteiger partial charge in [-0.15, -0.1) is 0 Å². The molecule has 0 aromatic heterocycles. The van der Waals surface area contributed by atoms with Crippen molar-refractivity contribution in [1.29, 1.82) is 0 Å². The fourth-order valence-corrected chi connectivity index (χ4v) is 11.9. The molecule has 8 atom stereocenters. The molecule has 0 heterocycles. The summed E-state index contributed by atoms with van der Waals surface area (Å²) < 4.78 is 44.8. The Morgan fingerprint density at radius 1 is 0.833 bits per heavy atom. The standard InChI is InChI=1S/C35H64O11P2/c1-25(2)7-6-8-26(3)30-11-12-31-29-10-9-27-23-28(13-15-33(27,4)32(29)14-16-34(30,31)5)46-22-21-44-18-17-43-19-20-45-24-35(36,47(37,38)39)48(40,41)42/h9,25-26,28-32,36H,6-8,10-24H2,1-5H3,(H2,37,38,39)(H2,40,41,42). The van der Waals surface area contributed by atoms with Gasteiger partial charge in [-0.2, -0.15) is 0 Å². The molecule has 0 amide bonds. The molecule has 3 fully saturated rings. The van der Waals surface area contributed by atoms with Gasteiger partial charge in [0.1, 0.15) is 0 Å². The predicted molar refractivity (Wildman–Crippen MR) is 184 cm³/mol. The first-order valence-corrected chi connectivity index (χ1v) is 21.5. The maximum absolute atomic E-state index is 11.3. The third-order valence-corrected chi connectivity index (χ3v) is 16.5. The average molecular weight is 723 g/mol. The van der Waals surface area contributed by atoms with Crippen molar-refractivity contribution in [1.82, 2.24) is 0 Å². The van der Waals surface area contributed by atoms with Crippen molar-refractivity contribution in [3.8, 4) is 0 Å². The zero-order valence-electron chi connectivity index (χ0n) is 29.9. The van der Waals surface area contributed by atoms with Crippen LogP contribution in [0, 0.1) is 46.3 Å². The Morgan fingerprint density at radius 2 is 1.46 bits per heavy atom. The van der Waals surface area contributed by atoms with Gasteiger partial charge in [-0.3, -0.25) is 9.13 Å². The van der Waals surface area contributed by atoms with Crippen molar-refractivity contribution in [3.63, 3.8) is 0 Å². The second-order valence-electron chi connectivity index (χ2n) is 16.2. The highest BCUT2D eigenvalue weighted by Gasteiger charge is 2.60. The maximum Gasteiger partial charge on any atom is 0.371 e. The second-order valence-corrected chi connectivity index (χ2v) is 20.2. The van der Waals surface area contributed by atoms with Gasteiger partial charge in [0.15, 0.2) is 0 Å². The Kier molecular flexibility index (Phi) is 14.1. The van der Waals surface area contributed by atoms with Gasteiger partial charge in [-0.1, -0.05) is 65.5 Å². The van der Waals surface area contributed by atoms with Crippen molar-refractivity contribution >= 4 is 15.2 Å². The lowest BCUT2D eigenvalue weighted by Gasteiger charge is -2.58. The lowest BCUT2D eigenvalue weighted by atomic mass is 9.47. The molecule has 11 nitrogen and oxygen atoms in total. The molecule has 48 heavy (non-hydrogen) atoms. The van der Waals surface area contributed by atoms with E-state index in [0.29, 0.717) is 30.7 Å². The molecule has 0 aliphatic heterocycles. The molecule has 0 aromatic rings. The summed E-state index contributed by atoms with van der Waals surface area (Å²) in [5.74, 6) is 5.01. The zero-order chi connectivity index (χ0) is 35.4. The molecule has 4 rings (SSSR count). The minimum atomic E-state index is -5.54. The topological polar surface area (TPSA) is 172 Å². The molecule has 4 aliphatic rings. The summed E-state index contributed by atoms with van der Waals surface area (Å²) >= 11 is 0. The fraction of sp³-hybridized carbons (Fsp3) is 0.943. The third kappa shape index (κ3) is 9.06. The minimum absolute atomic E-state index is 0.00576. The second kappa shape index (κ2) is 16.7. The Morgan fingerprint density at radius 3 is 2.08 bits per heavy atom. The van der Waals surface area contributed by atoms with Crippen LogP contribution in [0.5, 0.6) is 0 Å². The summed E-state index contributed by atoms with van der Waals surface area (Å²) in [6.45, 7) is 12.5. The van der Waals surface area contributed by atoms with E-state index < -0.39 is 26.9 Å². The Balaban J connectivity index is 1.13. The summed E-state index contributed by atoms with van der Waals surface area (Å²) in [6.07, 6.45) is 17.1. The predicted octanol–water partition coefficient (Wildman–Crippen LogP) is 6.46. The number of rotatable bonds is 19. The summed E-state index contributed by atoms with van der Waals surface area (Å²) in [7, 11) is -11.1. The molecular weight excluding hydrogens is 658 g/mol. The molecule has 0 bridgehead atoms. The van der Waals surface area contributed by atoms with Crippen molar-refractivity contribution in [2.45, 2.75) is 116 Å². The lowest BCUT2D eigenvalue weighted by molar-refractivity contribution is -0.0693. The molecule has 4 aliphatic carbocycles. The van der Waals surface area contributed by atoms with Crippen LogP contribution >= 0.6 is 15.2 Å². The van der Waals surface area contributed by atoms with E-state index in [0.717, 1.165) is 48.3 Å². The normalized spacial score (nSPS) is 33.2. The van der Waals surface area contributed by atoms with E-state index in [1.807, 2.05) is 0 Å². The van der Waals surface area contributed by atoms with Crippen molar-refractivity contribution < 1.29 is 52.8 Å². The van der Waals surface area contributed by atoms with Crippen molar-refractivity contribution in [2.24, 2.45) is 46.3 Å². The van der Waals surface area contributed by atoms with Crippen LogP contribution in [0.4, 0.5) is 0 Å². The first kappa shape index (κ1) is 40.6. The van der Waals surface area contributed by atoms with Gasteiger partial charge in [-0.05, 0) is 97.7 Å². The highest BCUT2D eigenvalue weighted by molar-refractivity contribution is 7.72. The minimum Gasteiger partial charge on any atom is -0.377 e. The number of hydrogen-bond acceptors (Lipinski definition) is 7. The molecule has 0 saturated heterocycles. The largest absolute Gasteiger partial charge is 0.377 e. The fourth-order valence-electron chi connectivity index (χ4n) is 10.1. The Hall–Kier alpha value is -0.160. The van der Waals surface area contributed by atoms with E-state index in [9.17, 15) is 14.2 Å². The average Bonchev–Trinajstić information content (AvgIpc) is 3.35. The van der Waals surface area contributed by atoms with E-state index in [4.69, 9.17) is 38.5 Å². The highest BCUT2D eigenvalue weighted by Crippen LogP contribution is 2.68. The van der Waals surface area contributed by atoms with Crippen molar-refractivity contribution in [3.05, 3.63) is 11.6 Å². The van der Waals surface area contributed by atoms with Gasteiger partial charge < -0.3 is 43.6 Å². The van der Waals surface area contributed by atoms with Crippen LogP contribution in [0.15, 0.2) is 11.6 Å². The SMILES string of the molecule is CC(C)CCCC(C)C1CCC2C3CC=C4CC(OCCOCCOCCOCC(O)(P(=O)(O)O)P(=O)(O)O)CCC4(C)C3CCC12C. The van der Waals surface area contributed by atoms with Gasteiger partial charge in [0.05, 0.1) is 52.4 Å². The molecule has 280 valence electrons. The highest BCUT2D eigenvalue weighted by atomic mass is 31.2. The Labute approximate surface area is 288 Å². The molecule has 3 saturated carbocycles. The molecule has 0 aromatic carbocycles. The summed E-state index contributed by atoms with van der Waals surface area (Å²) in [6, 6.07) is 0. The van der Waals surface area contributed by atoms with Crippen LogP contribution in [0.25, 0.3) is 0 Å². The molecule has 13 heteroatoms. The van der Waals surface area contributed by atoms with E-state index >= 15 is 0 Å². The van der Waals surface area contributed by atoms with E-state index in [1.54, 1.807) is 5.57 Å². The Bertz CT molecular complexity index is 1150. The smallest absolute Gasteiger partial charge is 0.371 e. The number of ether oxygens (including phenoxy) is 4. The first-order chi connectivity index (χ1) is 22.4. The molecule has 0 radical (unpaired) electrons. The molecular formula is C35H64O11P2. The van der Waals surface area contributed by atoms with Crippen LogP contribution in [0.2, 0.25) is 0 Å². The molecule has 8 unspecified atom stereocenters. The monoisotopic (exact) mass is 722 g/mol. The zero-order valence-corrected chi connectivity index (χ0v) is 31.7. The van der Waals surface area contributed by atoms with E-state index in [2.05, 4.69) is 40.7 Å². The number of allylic oxidation sites excluding steroid dienone is 1. The van der Waals surface area contributed by atoms with E-state index in [-0.39, 0.29) is 25.9 Å². The maximum atomic E-state index is 11.3. The third-order valence-electron chi connectivity index (χ3n) is 12.8. The molecule has 5 N–H and O–H groups in total. The van der Waals surface area contributed by atoms with Crippen LogP contribution in [-0.2, 0) is 28.1 Å². The van der Waals surface area contributed by atoms with Crippen LogP contribution in [-0.4, -0.2) is 82.1 Å². The van der Waals surface area contributed by atoms with Gasteiger partial charge in [0.25, 0.3) is 5.08 Å². The molecule has 0 spiro atoms. The number of aliphatic hydroxyl groups is 1. The summed E-state index contributed by atoms with van der Waals surface area (Å²) in [5, 5.41) is 6.20. The van der Waals surface area contributed by atoms with Crippen LogP contribution in [0.3, 0.4) is 0 Å². The van der Waals surface area contributed by atoms with Crippen molar-refractivity contribution in [2.75, 3.05) is 46.2 Å². The van der Waals surface area contributed by atoms with Gasteiger partial charge in [0.2, 0.25) is 0 Å². The van der Waals surface area contributed by atoms with Gasteiger partial charge in [0, 0.05) is 0 Å².